The lowest BCUT2D eigenvalue weighted by Gasteiger charge is -2.36. The molecule has 0 bridgehead atoms. The molecule has 3 heterocycles. The second-order valence-corrected chi connectivity index (χ2v) is 5.66. The van der Waals surface area contributed by atoms with E-state index in [-0.39, 0.29) is 0 Å². The maximum Gasteiger partial charge on any atom is 0.150 e. The first-order valence-electron chi connectivity index (χ1n) is 7.80. The minimum atomic E-state index is 0.915. The molecular formula is C17H18N6. The molecule has 0 radical (unpaired) electrons. The number of fused-ring (bicyclic) bond motifs is 1. The smallest absolute Gasteiger partial charge is 0.150 e. The molecule has 1 aliphatic heterocycles. The van der Waals surface area contributed by atoms with Crippen LogP contribution in [0.3, 0.4) is 0 Å². The SMILES string of the molecule is Cc1nc2ccccc2nc1N1CCN(c2ccncn2)CC1. The fourth-order valence-electron chi connectivity index (χ4n) is 3.00. The number of aryl methyl sites for hydroxylation is 1. The van der Waals surface area contributed by atoms with Gasteiger partial charge in [0.1, 0.15) is 12.1 Å². The third-order valence-electron chi connectivity index (χ3n) is 4.19. The maximum atomic E-state index is 4.82. The van der Waals surface area contributed by atoms with Crippen LogP contribution in [-0.4, -0.2) is 46.1 Å². The van der Waals surface area contributed by atoms with E-state index in [2.05, 4.69) is 24.8 Å². The number of nitrogens with zero attached hydrogens (tertiary/aromatic N) is 6. The zero-order valence-corrected chi connectivity index (χ0v) is 13.1. The summed E-state index contributed by atoms with van der Waals surface area (Å²) in [6, 6.07) is 9.98. The summed E-state index contributed by atoms with van der Waals surface area (Å²) in [5, 5.41) is 0. The maximum absolute atomic E-state index is 4.82. The van der Waals surface area contributed by atoms with Gasteiger partial charge in [0.25, 0.3) is 0 Å². The van der Waals surface area contributed by atoms with E-state index in [9.17, 15) is 0 Å². The number of para-hydroxylation sites is 2. The second kappa shape index (κ2) is 5.79. The van der Waals surface area contributed by atoms with Gasteiger partial charge in [0.05, 0.1) is 16.7 Å². The molecule has 0 amide bonds. The Hall–Kier alpha value is -2.76. The standard InChI is InChI=1S/C17H18N6/c1-13-17(21-15-5-3-2-4-14(15)20-13)23-10-8-22(9-11-23)16-6-7-18-12-19-16/h2-7,12H,8-11H2,1H3. The zero-order valence-electron chi connectivity index (χ0n) is 13.1. The highest BCUT2D eigenvalue weighted by atomic mass is 15.3. The summed E-state index contributed by atoms with van der Waals surface area (Å²) in [5.74, 6) is 1.98. The minimum Gasteiger partial charge on any atom is -0.353 e. The summed E-state index contributed by atoms with van der Waals surface area (Å²) in [5.41, 5.74) is 2.89. The molecular weight excluding hydrogens is 288 g/mol. The van der Waals surface area contributed by atoms with E-state index in [0.29, 0.717) is 0 Å². The normalized spacial score (nSPS) is 15.2. The van der Waals surface area contributed by atoms with Gasteiger partial charge in [0, 0.05) is 32.4 Å². The lowest BCUT2D eigenvalue weighted by atomic mass is 10.2. The Morgan fingerprint density at radius 2 is 1.57 bits per heavy atom. The average molecular weight is 306 g/mol. The van der Waals surface area contributed by atoms with E-state index in [1.165, 1.54) is 0 Å². The van der Waals surface area contributed by atoms with Crippen LogP contribution >= 0.6 is 0 Å². The van der Waals surface area contributed by atoms with Crippen LogP contribution in [0.2, 0.25) is 0 Å². The average Bonchev–Trinajstić information content (AvgIpc) is 2.62. The fraction of sp³-hybridized carbons (Fsp3) is 0.294. The monoisotopic (exact) mass is 306 g/mol. The van der Waals surface area contributed by atoms with Crippen molar-refractivity contribution in [2.24, 2.45) is 0 Å². The molecule has 116 valence electrons. The second-order valence-electron chi connectivity index (χ2n) is 5.66. The summed E-state index contributed by atoms with van der Waals surface area (Å²) < 4.78 is 0. The van der Waals surface area contributed by atoms with Crippen molar-refractivity contribution < 1.29 is 0 Å². The van der Waals surface area contributed by atoms with Gasteiger partial charge in [-0.05, 0) is 25.1 Å². The molecule has 23 heavy (non-hydrogen) atoms. The van der Waals surface area contributed by atoms with Crippen molar-refractivity contribution in [1.29, 1.82) is 0 Å². The summed E-state index contributed by atoms with van der Waals surface area (Å²) in [4.78, 5) is 22.4. The van der Waals surface area contributed by atoms with Crippen molar-refractivity contribution in [2.75, 3.05) is 36.0 Å². The molecule has 6 nitrogen and oxygen atoms in total. The third-order valence-corrected chi connectivity index (χ3v) is 4.19. The van der Waals surface area contributed by atoms with Crippen molar-refractivity contribution in [3.63, 3.8) is 0 Å². The Kier molecular flexibility index (Phi) is 3.49. The molecule has 2 aromatic heterocycles. The van der Waals surface area contributed by atoms with E-state index >= 15 is 0 Å². The van der Waals surface area contributed by atoms with Gasteiger partial charge in [-0.2, -0.15) is 0 Å². The number of piperazine rings is 1. The lowest BCUT2D eigenvalue weighted by molar-refractivity contribution is 0.639. The fourth-order valence-corrected chi connectivity index (χ4v) is 3.00. The first kappa shape index (κ1) is 13.9. The molecule has 1 aliphatic rings. The summed E-state index contributed by atoms with van der Waals surface area (Å²) in [6.07, 6.45) is 3.38. The van der Waals surface area contributed by atoms with Crippen LogP contribution in [0.15, 0.2) is 42.9 Å². The van der Waals surface area contributed by atoms with Gasteiger partial charge in [0.2, 0.25) is 0 Å². The molecule has 1 aromatic carbocycles. The van der Waals surface area contributed by atoms with E-state index in [1.807, 2.05) is 37.3 Å². The third kappa shape index (κ3) is 2.67. The Labute approximate surface area is 134 Å². The van der Waals surface area contributed by atoms with Gasteiger partial charge in [-0.25, -0.2) is 19.9 Å². The number of benzene rings is 1. The van der Waals surface area contributed by atoms with E-state index in [4.69, 9.17) is 4.98 Å². The van der Waals surface area contributed by atoms with Crippen molar-refractivity contribution in [3.05, 3.63) is 48.5 Å². The molecule has 1 fully saturated rings. The van der Waals surface area contributed by atoms with Crippen LogP contribution < -0.4 is 9.80 Å². The predicted molar refractivity (Wildman–Crippen MR) is 90.7 cm³/mol. The topological polar surface area (TPSA) is 58.0 Å². The first-order valence-corrected chi connectivity index (χ1v) is 7.80. The van der Waals surface area contributed by atoms with Crippen LogP contribution in [-0.2, 0) is 0 Å². The Morgan fingerprint density at radius 3 is 2.26 bits per heavy atom. The van der Waals surface area contributed by atoms with Gasteiger partial charge in [-0.3, -0.25) is 0 Å². The summed E-state index contributed by atoms with van der Waals surface area (Å²) in [6.45, 7) is 5.71. The van der Waals surface area contributed by atoms with Crippen molar-refractivity contribution in [2.45, 2.75) is 6.92 Å². The number of hydrogen-bond donors (Lipinski definition) is 0. The minimum absolute atomic E-state index is 0.915. The molecule has 1 saturated heterocycles. The first-order chi connectivity index (χ1) is 11.3. The Bertz CT molecular complexity index is 812. The largest absolute Gasteiger partial charge is 0.353 e. The van der Waals surface area contributed by atoms with Gasteiger partial charge < -0.3 is 9.80 Å². The number of rotatable bonds is 2. The predicted octanol–water partition coefficient (Wildman–Crippen LogP) is 2.05. The van der Waals surface area contributed by atoms with Gasteiger partial charge in [0.15, 0.2) is 5.82 Å². The summed E-state index contributed by atoms with van der Waals surface area (Å²) >= 11 is 0. The molecule has 0 aliphatic carbocycles. The van der Waals surface area contributed by atoms with Crippen LogP contribution in [0.1, 0.15) is 5.69 Å². The van der Waals surface area contributed by atoms with Crippen LogP contribution in [0.5, 0.6) is 0 Å². The van der Waals surface area contributed by atoms with Crippen molar-refractivity contribution in [3.8, 4) is 0 Å². The Morgan fingerprint density at radius 1 is 0.870 bits per heavy atom. The van der Waals surface area contributed by atoms with E-state index in [1.54, 1.807) is 12.5 Å². The molecule has 0 N–H and O–H groups in total. The highest BCUT2D eigenvalue weighted by Crippen LogP contribution is 2.22. The van der Waals surface area contributed by atoms with Crippen LogP contribution in [0, 0.1) is 6.92 Å². The highest BCUT2D eigenvalue weighted by Gasteiger charge is 2.21. The van der Waals surface area contributed by atoms with Crippen molar-refractivity contribution in [1.82, 2.24) is 19.9 Å². The number of anilines is 2. The molecule has 0 spiro atoms. The molecule has 3 aromatic rings. The molecule has 0 saturated carbocycles. The van der Waals surface area contributed by atoms with Crippen LogP contribution in [0.4, 0.5) is 11.6 Å². The van der Waals surface area contributed by atoms with Gasteiger partial charge >= 0.3 is 0 Å². The number of aromatic nitrogens is 4. The van der Waals surface area contributed by atoms with Gasteiger partial charge in [-0.1, -0.05) is 12.1 Å². The zero-order chi connectivity index (χ0) is 15.6. The van der Waals surface area contributed by atoms with E-state index in [0.717, 1.165) is 54.5 Å². The summed E-state index contributed by atoms with van der Waals surface area (Å²) in [7, 11) is 0. The lowest BCUT2D eigenvalue weighted by Crippen LogP contribution is -2.47. The Balaban J connectivity index is 1.55. The molecule has 6 heteroatoms. The van der Waals surface area contributed by atoms with E-state index < -0.39 is 0 Å². The van der Waals surface area contributed by atoms with Gasteiger partial charge in [-0.15, -0.1) is 0 Å². The quantitative estimate of drug-likeness (QED) is 0.722. The molecule has 4 rings (SSSR count). The molecule has 0 unspecified atom stereocenters. The molecule has 0 atom stereocenters. The highest BCUT2D eigenvalue weighted by molar-refractivity contribution is 5.76. The number of hydrogen-bond acceptors (Lipinski definition) is 6. The van der Waals surface area contributed by atoms with Crippen molar-refractivity contribution >= 4 is 22.7 Å². The van der Waals surface area contributed by atoms with Crippen LogP contribution in [0.25, 0.3) is 11.0 Å².